The predicted octanol–water partition coefficient (Wildman–Crippen LogP) is 2.15. The highest BCUT2D eigenvalue weighted by atomic mass is 32.1. The average Bonchev–Trinajstić information content (AvgIpc) is 2.67. The third-order valence-electron chi connectivity index (χ3n) is 2.03. The lowest BCUT2D eigenvalue weighted by atomic mass is 10.1. The lowest BCUT2D eigenvalue weighted by Gasteiger charge is -2.06. The van der Waals surface area contributed by atoms with Gasteiger partial charge >= 0.3 is 0 Å². The summed E-state index contributed by atoms with van der Waals surface area (Å²) in [7, 11) is 0. The third-order valence-corrected chi connectivity index (χ3v) is 2.97. The van der Waals surface area contributed by atoms with Crippen LogP contribution in [-0.2, 0) is 11.2 Å². The van der Waals surface area contributed by atoms with Crippen LogP contribution in [0, 0.1) is 0 Å². The first-order valence-electron chi connectivity index (χ1n) is 4.65. The van der Waals surface area contributed by atoms with Crippen LogP contribution in [0.3, 0.4) is 0 Å². The Morgan fingerprint density at radius 2 is 2.50 bits per heavy atom. The molecule has 3 heteroatoms. The molecule has 0 spiro atoms. The van der Waals surface area contributed by atoms with E-state index in [0.717, 1.165) is 6.42 Å². The molecule has 2 nitrogen and oxygen atoms in total. The number of hydrogen-bond acceptors (Lipinski definition) is 3. The van der Waals surface area contributed by atoms with Crippen molar-refractivity contribution in [2.75, 3.05) is 0 Å². The first-order valence-corrected chi connectivity index (χ1v) is 5.53. The lowest BCUT2D eigenvalue weighted by molar-refractivity contribution is -0.120. The minimum atomic E-state index is -0.368. The zero-order chi connectivity index (χ0) is 10.4. The summed E-state index contributed by atoms with van der Waals surface area (Å²) < 4.78 is 0. The molecule has 76 valence electrons. The van der Waals surface area contributed by atoms with Crippen molar-refractivity contribution in [1.82, 2.24) is 0 Å². The van der Waals surface area contributed by atoms with Gasteiger partial charge in [0, 0.05) is 11.3 Å². The Balaban J connectivity index is 2.31. The van der Waals surface area contributed by atoms with Crippen LogP contribution in [0.1, 0.15) is 17.7 Å². The summed E-state index contributed by atoms with van der Waals surface area (Å²) in [6.07, 6.45) is 3.61. The molecule has 1 heterocycles. The predicted molar refractivity (Wildman–Crippen MR) is 60.4 cm³/mol. The highest BCUT2D eigenvalue weighted by Gasteiger charge is 2.11. The first kappa shape index (κ1) is 11.1. The maximum Gasteiger partial charge on any atom is 0.150 e. The number of thiophene rings is 1. The van der Waals surface area contributed by atoms with Gasteiger partial charge in [0.15, 0.2) is 0 Å². The molecule has 0 saturated heterocycles. The molecule has 0 radical (unpaired) electrons. The van der Waals surface area contributed by atoms with Gasteiger partial charge in [0.1, 0.15) is 5.78 Å². The maximum atomic E-state index is 11.5. The van der Waals surface area contributed by atoms with Crippen molar-refractivity contribution < 1.29 is 4.79 Å². The minimum Gasteiger partial charge on any atom is -0.321 e. The summed E-state index contributed by atoms with van der Waals surface area (Å²) in [6, 6.07) is 3.66. The molecule has 1 aromatic heterocycles. The highest BCUT2D eigenvalue weighted by Crippen LogP contribution is 2.11. The SMILES string of the molecule is C=CCC(N)C(=O)CCc1cccs1. The summed E-state index contributed by atoms with van der Waals surface area (Å²) in [5.74, 6) is 0.123. The van der Waals surface area contributed by atoms with E-state index < -0.39 is 0 Å². The lowest BCUT2D eigenvalue weighted by Crippen LogP contribution is -2.29. The topological polar surface area (TPSA) is 43.1 Å². The van der Waals surface area contributed by atoms with Crippen molar-refractivity contribution in [2.24, 2.45) is 5.73 Å². The van der Waals surface area contributed by atoms with Gasteiger partial charge in [-0.2, -0.15) is 0 Å². The Labute approximate surface area is 88.4 Å². The van der Waals surface area contributed by atoms with Crippen LogP contribution in [0.4, 0.5) is 0 Å². The largest absolute Gasteiger partial charge is 0.321 e. The molecule has 14 heavy (non-hydrogen) atoms. The number of rotatable bonds is 6. The van der Waals surface area contributed by atoms with Gasteiger partial charge in [-0.3, -0.25) is 4.79 Å². The molecule has 0 aliphatic rings. The molecule has 0 aromatic carbocycles. The molecular weight excluding hydrogens is 194 g/mol. The molecule has 0 aliphatic heterocycles. The number of carbonyl (C=O) groups excluding carboxylic acids is 1. The van der Waals surface area contributed by atoms with Gasteiger partial charge in [-0.15, -0.1) is 17.9 Å². The molecule has 0 saturated carbocycles. The van der Waals surface area contributed by atoms with Crippen LogP contribution < -0.4 is 5.73 Å². The number of Topliss-reactive ketones (excluding diaryl/α,β-unsaturated/α-hetero) is 1. The smallest absolute Gasteiger partial charge is 0.150 e. The van der Waals surface area contributed by atoms with Gasteiger partial charge in [-0.05, 0) is 24.3 Å². The molecule has 1 rings (SSSR count). The van der Waals surface area contributed by atoms with Gasteiger partial charge in [0.25, 0.3) is 0 Å². The fourth-order valence-electron chi connectivity index (χ4n) is 1.20. The van der Waals surface area contributed by atoms with Crippen LogP contribution in [0.25, 0.3) is 0 Å². The summed E-state index contributed by atoms with van der Waals surface area (Å²) in [5, 5.41) is 2.02. The molecule has 0 bridgehead atoms. The van der Waals surface area contributed by atoms with Crippen LogP contribution in [0.5, 0.6) is 0 Å². The zero-order valence-electron chi connectivity index (χ0n) is 8.11. The molecule has 1 atom stereocenters. The average molecular weight is 209 g/mol. The van der Waals surface area contributed by atoms with Gasteiger partial charge in [0.05, 0.1) is 6.04 Å². The van der Waals surface area contributed by atoms with Gasteiger partial charge in [0.2, 0.25) is 0 Å². The molecule has 2 N–H and O–H groups in total. The van der Waals surface area contributed by atoms with Gasteiger partial charge in [-0.1, -0.05) is 12.1 Å². The zero-order valence-corrected chi connectivity index (χ0v) is 8.93. The Hall–Kier alpha value is -0.930. The molecule has 0 aliphatic carbocycles. The first-order chi connectivity index (χ1) is 6.74. The van der Waals surface area contributed by atoms with E-state index in [1.165, 1.54) is 4.88 Å². The van der Waals surface area contributed by atoms with E-state index in [1.807, 2.05) is 17.5 Å². The van der Waals surface area contributed by atoms with Gasteiger partial charge < -0.3 is 5.73 Å². The van der Waals surface area contributed by atoms with Crippen molar-refractivity contribution in [1.29, 1.82) is 0 Å². The Kier molecular flexibility index (Phi) is 4.56. The fourth-order valence-corrected chi connectivity index (χ4v) is 1.91. The van der Waals surface area contributed by atoms with E-state index in [9.17, 15) is 4.79 Å². The molecule has 1 aromatic rings. The van der Waals surface area contributed by atoms with Gasteiger partial charge in [-0.25, -0.2) is 0 Å². The number of hydrogen-bond donors (Lipinski definition) is 1. The molecular formula is C11H15NOS. The van der Waals surface area contributed by atoms with Crippen molar-refractivity contribution in [2.45, 2.75) is 25.3 Å². The summed E-state index contributed by atoms with van der Waals surface area (Å²) >= 11 is 1.68. The third kappa shape index (κ3) is 3.44. The van der Waals surface area contributed by atoms with E-state index in [-0.39, 0.29) is 11.8 Å². The van der Waals surface area contributed by atoms with E-state index in [4.69, 9.17) is 5.73 Å². The summed E-state index contributed by atoms with van der Waals surface area (Å²) in [6.45, 7) is 3.56. The number of ketones is 1. The Morgan fingerprint density at radius 3 is 3.07 bits per heavy atom. The second kappa shape index (κ2) is 5.73. The Morgan fingerprint density at radius 1 is 1.71 bits per heavy atom. The molecule has 1 unspecified atom stereocenters. The fraction of sp³-hybridized carbons (Fsp3) is 0.364. The van der Waals surface area contributed by atoms with Crippen LogP contribution in [0.15, 0.2) is 30.2 Å². The number of carbonyl (C=O) groups is 1. The van der Waals surface area contributed by atoms with E-state index >= 15 is 0 Å². The van der Waals surface area contributed by atoms with Crippen LogP contribution in [-0.4, -0.2) is 11.8 Å². The van der Waals surface area contributed by atoms with Crippen molar-refractivity contribution >= 4 is 17.1 Å². The Bertz CT molecular complexity index is 292. The standard InChI is InChI=1S/C11H15NOS/c1-2-4-10(12)11(13)7-6-9-5-3-8-14-9/h2-3,5,8,10H,1,4,6-7,12H2. The van der Waals surface area contributed by atoms with Crippen molar-refractivity contribution in [3.63, 3.8) is 0 Å². The normalized spacial score (nSPS) is 12.4. The summed E-state index contributed by atoms with van der Waals surface area (Å²) in [4.78, 5) is 12.7. The monoisotopic (exact) mass is 209 g/mol. The highest BCUT2D eigenvalue weighted by molar-refractivity contribution is 7.09. The molecule has 0 amide bonds. The maximum absolute atomic E-state index is 11.5. The van der Waals surface area contributed by atoms with Crippen LogP contribution in [0.2, 0.25) is 0 Å². The van der Waals surface area contributed by atoms with E-state index in [0.29, 0.717) is 12.8 Å². The van der Waals surface area contributed by atoms with Crippen molar-refractivity contribution in [3.05, 3.63) is 35.0 Å². The quantitative estimate of drug-likeness (QED) is 0.729. The minimum absolute atomic E-state index is 0.123. The van der Waals surface area contributed by atoms with Crippen LogP contribution >= 0.6 is 11.3 Å². The van der Waals surface area contributed by atoms with E-state index in [1.54, 1.807) is 17.4 Å². The summed E-state index contributed by atoms with van der Waals surface area (Å²) in [5.41, 5.74) is 5.65. The second-order valence-electron chi connectivity index (χ2n) is 3.18. The number of nitrogens with two attached hydrogens (primary N) is 1. The van der Waals surface area contributed by atoms with E-state index in [2.05, 4.69) is 6.58 Å². The molecule has 0 fully saturated rings. The second-order valence-corrected chi connectivity index (χ2v) is 4.21. The number of aryl methyl sites for hydroxylation is 1. The van der Waals surface area contributed by atoms with Crippen molar-refractivity contribution in [3.8, 4) is 0 Å².